The molecule has 0 amide bonds. The first kappa shape index (κ1) is 18.9. The first-order valence-corrected chi connectivity index (χ1v) is 10.5. The van der Waals surface area contributed by atoms with Crippen LogP contribution in [0.2, 0.25) is 0 Å². The predicted molar refractivity (Wildman–Crippen MR) is 102 cm³/mol. The van der Waals surface area contributed by atoms with Crippen molar-refractivity contribution in [2.24, 2.45) is 28.6 Å². The van der Waals surface area contributed by atoms with Crippen molar-refractivity contribution in [1.82, 2.24) is 0 Å². The molecule has 0 radical (unpaired) electrons. The number of unbranched alkanes of at least 4 members (excludes halogenated alkanes) is 5. The van der Waals surface area contributed by atoms with Gasteiger partial charge in [0.25, 0.3) is 0 Å². The van der Waals surface area contributed by atoms with Gasteiger partial charge in [0.1, 0.15) is 0 Å². The molecule has 2 aliphatic carbocycles. The molecule has 0 saturated heterocycles. The summed E-state index contributed by atoms with van der Waals surface area (Å²) in [6.07, 6.45) is 15.0. The minimum atomic E-state index is 0.602. The lowest BCUT2D eigenvalue weighted by Crippen LogP contribution is -2.44. The minimum Gasteiger partial charge on any atom is -0.103 e. The van der Waals surface area contributed by atoms with Gasteiger partial charge in [0.2, 0.25) is 0 Å². The molecule has 0 aromatic heterocycles. The Morgan fingerprint density at radius 2 is 1.70 bits per heavy atom. The molecule has 3 atom stereocenters. The molecule has 0 aromatic rings. The van der Waals surface area contributed by atoms with Gasteiger partial charge >= 0.3 is 0 Å². The number of hydrogen-bond acceptors (Lipinski definition) is 0. The predicted octanol–water partition coefficient (Wildman–Crippen LogP) is 7.23. The van der Waals surface area contributed by atoms with Gasteiger partial charge in [-0.25, -0.2) is 0 Å². The molecule has 2 fully saturated rings. The second-order valence-electron chi connectivity index (χ2n) is 9.17. The molecular formula is C23H40. The van der Waals surface area contributed by atoms with Crippen LogP contribution >= 0.6 is 0 Å². The van der Waals surface area contributed by atoms with E-state index in [9.17, 15) is 0 Å². The van der Waals surface area contributed by atoms with E-state index in [2.05, 4.69) is 46.5 Å². The topological polar surface area (TPSA) is 0 Å². The quantitative estimate of drug-likeness (QED) is 0.311. The third-order valence-electron chi connectivity index (χ3n) is 7.10. The van der Waals surface area contributed by atoms with Crippen molar-refractivity contribution in [3.05, 3.63) is 0 Å². The van der Waals surface area contributed by atoms with E-state index >= 15 is 0 Å². The Kier molecular flexibility index (Phi) is 6.65. The lowest BCUT2D eigenvalue weighted by atomic mass is 9.52. The van der Waals surface area contributed by atoms with E-state index in [0.717, 1.165) is 24.2 Å². The summed E-state index contributed by atoms with van der Waals surface area (Å²) in [6, 6.07) is 0. The van der Waals surface area contributed by atoms with Gasteiger partial charge in [-0.05, 0) is 48.3 Å². The van der Waals surface area contributed by atoms with Gasteiger partial charge in [0.15, 0.2) is 0 Å². The van der Waals surface area contributed by atoms with E-state index < -0.39 is 0 Å². The van der Waals surface area contributed by atoms with E-state index in [1.54, 1.807) is 0 Å². The lowest BCUT2D eigenvalue weighted by molar-refractivity contribution is -0.0277. The summed E-state index contributed by atoms with van der Waals surface area (Å²) >= 11 is 0. The first-order valence-electron chi connectivity index (χ1n) is 10.5. The summed E-state index contributed by atoms with van der Waals surface area (Å²) in [5.41, 5.74) is 1.26. The Morgan fingerprint density at radius 1 is 1.00 bits per heavy atom. The zero-order valence-electron chi connectivity index (χ0n) is 16.5. The number of hydrogen-bond donors (Lipinski definition) is 0. The van der Waals surface area contributed by atoms with Gasteiger partial charge < -0.3 is 0 Å². The molecule has 0 aliphatic heterocycles. The molecule has 1 spiro atoms. The lowest BCUT2D eigenvalue weighted by Gasteiger charge is -2.52. The summed E-state index contributed by atoms with van der Waals surface area (Å²) in [5, 5.41) is 0. The molecule has 0 N–H and O–H groups in total. The Labute approximate surface area is 146 Å². The van der Waals surface area contributed by atoms with Gasteiger partial charge in [-0.3, -0.25) is 0 Å². The van der Waals surface area contributed by atoms with Gasteiger partial charge in [-0.2, -0.15) is 0 Å². The largest absolute Gasteiger partial charge is 0.103 e. The van der Waals surface area contributed by atoms with Crippen molar-refractivity contribution in [3.8, 4) is 11.8 Å². The van der Waals surface area contributed by atoms with E-state index in [-0.39, 0.29) is 0 Å². The highest BCUT2D eigenvalue weighted by Crippen LogP contribution is 2.74. The van der Waals surface area contributed by atoms with Gasteiger partial charge in [0, 0.05) is 12.3 Å². The maximum atomic E-state index is 3.62. The second kappa shape index (κ2) is 8.09. The van der Waals surface area contributed by atoms with Crippen LogP contribution in [0.15, 0.2) is 0 Å². The average molecular weight is 317 g/mol. The minimum absolute atomic E-state index is 0.602. The Balaban J connectivity index is 1.71. The molecule has 0 heterocycles. The van der Waals surface area contributed by atoms with E-state index in [0.29, 0.717) is 10.8 Å². The standard InChI is InChI=1S/C23H40/c1-6-8-10-11-12-13-15-21-16-23(21)17-22(5,18-23)20(4)19(3)14-9-7-2/h19-21H,6-12,14,16-18H2,1-5H3. The molecular weight excluding hydrogens is 276 g/mol. The molecule has 0 heteroatoms. The summed E-state index contributed by atoms with van der Waals surface area (Å²) in [5.74, 6) is 9.62. The van der Waals surface area contributed by atoms with Crippen molar-refractivity contribution < 1.29 is 0 Å². The van der Waals surface area contributed by atoms with Crippen molar-refractivity contribution in [2.75, 3.05) is 0 Å². The van der Waals surface area contributed by atoms with Crippen molar-refractivity contribution in [2.45, 2.75) is 105 Å². The van der Waals surface area contributed by atoms with E-state index in [1.165, 1.54) is 64.2 Å². The van der Waals surface area contributed by atoms with Gasteiger partial charge in [-0.15, -0.1) is 5.92 Å². The van der Waals surface area contributed by atoms with Crippen LogP contribution in [-0.4, -0.2) is 0 Å². The van der Waals surface area contributed by atoms with Gasteiger partial charge in [0.05, 0.1) is 0 Å². The van der Waals surface area contributed by atoms with Crippen LogP contribution in [0.3, 0.4) is 0 Å². The first-order chi connectivity index (χ1) is 11.0. The average Bonchev–Trinajstić information content (AvgIpc) is 3.20. The molecule has 2 saturated carbocycles. The smallest absolute Gasteiger partial charge is 0.0265 e. The molecule has 132 valence electrons. The highest BCUT2D eigenvalue weighted by atomic mass is 14.7. The summed E-state index contributed by atoms with van der Waals surface area (Å²) in [6.45, 7) is 12.1. The fourth-order valence-electron chi connectivity index (χ4n) is 5.12. The zero-order valence-corrected chi connectivity index (χ0v) is 16.5. The molecule has 0 bridgehead atoms. The summed E-state index contributed by atoms with van der Waals surface area (Å²) < 4.78 is 0. The van der Waals surface area contributed by atoms with Crippen molar-refractivity contribution in [3.63, 3.8) is 0 Å². The van der Waals surface area contributed by atoms with Crippen LogP contribution in [0.5, 0.6) is 0 Å². The molecule has 0 aromatic carbocycles. The molecule has 23 heavy (non-hydrogen) atoms. The maximum Gasteiger partial charge on any atom is 0.0265 e. The van der Waals surface area contributed by atoms with Crippen molar-refractivity contribution in [1.29, 1.82) is 0 Å². The molecule has 0 nitrogen and oxygen atoms in total. The third-order valence-corrected chi connectivity index (χ3v) is 7.10. The monoisotopic (exact) mass is 316 g/mol. The normalized spacial score (nSPS) is 34.4. The maximum absolute atomic E-state index is 3.62. The second-order valence-corrected chi connectivity index (χ2v) is 9.17. The Hall–Kier alpha value is -0.440. The van der Waals surface area contributed by atoms with Crippen LogP contribution in [0.1, 0.15) is 105 Å². The highest BCUT2D eigenvalue weighted by Gasteiger charge is 2.66. The fourth-order valence-corrected chi connectivity index (χ4v) is 5.12. The zero-order chi connectivity index (χ0) is 16.9. The number of rotatable bonds is 9. The Bertz CT molecular complexity index is 415. The van der Waals surface area contributed by atoms with Crippen LogP contribution in [0.25, 0.3) is 0 Å². The van der Waals surface area contributed by atoms with E-state index in [1.807, 2.05) is 0 Å². The SMILES string of the molecule is CCCCCCC#CC1CC12CC(C)(C(C)C(C)CCCC)C2. The fraction of sp³-hybridized carbons (Fsp3) is 0.913. The molecule has 2 rings (SSSR count). The summed E-state index contributed by atoms with van der Waals surface area (Å²) in [4.78, 5) is 0. The van der Waals surface area contributed by atoms with Crippen LogP contribution < -0.4 is 0 Å². The molecule has 2 aliphatic rings. The van der Waals surface area contributed by atoms with Crippen LogP contribution in [0, 0.1) is 40.4 Å². The highest BCUT2D eigenvalue weighted by molar-refractivity contribution is 5.26. The summed E-state index contributed by atoms with van der Waals surface area (Å²) in [7, 11) is 0. The van der Waals surface area contributed by atoms with Crippen molar-refractivity contribution >= 4 is 0 Å². The van der Waals surface area contributed by atoms with Crippen LogP contribution in [-0.2, 0) is 0 Å². The Morgan fingerprint density at radius 3 is 2.35 bits per heavy atom. The van der Waals surface area contributed by atoms with E-state index in [4.69, 9.17) is 0 Å². The van der Waals surface area contributed by atoms with Crippen LogP contribution in [0.4, 0.5) is 0 Å². The third kappa shape index (κ3) is 4.55. The molecule has 3 unspecified atom stereocenters. The van der Waals surface area contributed by atoms with Gasteiger partial charge in [-0.1, -0.05) is 79.1 Å².